The Morgan fingerprint density at radius 2 is 2.18 bits per heavy atom. The first-order valence-corrected chi connectivity index (χ1v) is 7.50. The van der Waals surface area contributed by atoms with Gasteiger partial charge < -0.3 is 5.73 Å². The van der Waals surface area contributed by atoms with Crippen LogP contribution < -0.4 is 5.73 Å². The molecule has 2 N–H and O–H groups in total. The normalized spacial score (nSPS) is 21.9. The quantitative estimate of drug-likeness (QED) is 0.866. The van der Waals surface area contributed by atoms with E-state index in [4.69, 9.17) is 5.73 Å². The Kier molecular flexibility index (Phi) is 4.89. The minimum atomic E-state index is 0.473. The Morgan fingerprint density at radius 1 is 1.41 bits per heavy atom. The van der Waals surface area contributed by atoms with Crippen LogP contribution in [0.2, 0.25) is 0 Å². The fourth-order valence-corrected chi connectivity index (χ4v) is 3.70. The molecule has 0 amide bonds. The molecule has 1 aliphatic rings. The average molecular weight is 250 g/mol. The molecular weight excluding hydrogens is 228 g/mol. The molecule has 0 aromatic heterocycles. The van der Waals surface area contributed by atoms with Crippen molar-refractivity contribution < 1.29 is 0 Å². The van der Waals surface area contributed by atoms with Crippen LogP contribution in [0.4, 0.5) is 0 Å². The van der Waals surface area contributed by atoms with Crippen molar-refractivity contribution in [1.29, 1.82) is 0 Å². The summed E-state index contributed by atoms with van der Waals surface area (Å²) in [4.78, 5) is 2.49. The first-order valence-electron chi connectivity index (χ1n) is 6.35. The van der Waals surface area contributed by atoms with Crippen LogP contribution in [0.15, 0.2) is 30.3 Å². The molecule has 0 spiro atoms. The molecule has 0 bridgehead atoms. The second-order valence-electron chi connectivity index (χ2n) is 4.76. The molecule has 1 aromatic rings. The van der Waals surface area contributed by atoms with Gasteiger partial charge in [0.1, 0.15) is 0 Å². The second-order valence-corrected chi connectivity index (χ2v) is 5.91. The van der Waals surface area contributed by atoms with Crippen LogP contribution in [0.3, 0.4) is 0 Å². The fourth-order valence-electron chi connectivity index (χ4n) is 2.42. The van der Waals surface area contributed by atoms with Gasteiger partial charge in [-0.3, -0.25) is 4.90 Å². The summed E-state index contributed by atoms with van der Waals surface area (Å²) in [7, 11) is 2.23. The number of benzene rings is 1. The number of likely N-dealkylation sites (N-methyl/N-ethyl adjacent to an activating group) is 1. The van der Waals surface area contributed by atoms with Crippen molar-refractivity contribution in [1.82, 2.24) is 4.90 Å². The molecule has 0 aliphatic carbocycles. The van der Waals surface area contributed by atoms with E-state index in [1.54, 1.807) is 0 Å². The predicted molar refractivity (Wildman–Crippen MR) is 76.5 cm³/mol. The lowest BCUT2D eigenvalue weighted by molar-refractivity contribution is 0.190. The van der Waals surface area contributed by atoms with Gasteiger partial charge in [0, 0.05) is 24.4 Å². The molecule has 1 aliphatic heterocycles. The standard InChI is InChI=1S/C14H22N2S/c1-16(13-7-8-17-11-13)14(10-15)9-12-5-3-2-4-6-12/h2-6,13-14H,7-11,15H2,1H3. The molecule has 0 radical (unpaired) electrons. The summed E-state index contributed by atoms with van der Waals surface area (Å²) in [5.41, 5.74) is 7.33. The summed E-state index contributed by atoms with van der Waals surface area (Å²) >= 11 is 2.06. The zero-order valence-corrected chi connectivity index (χ0v) is 11.3. The Hall–Kier alpha value is -0.510. The van der Waals surface area contributed by atoms with Crippen LogP contribution in [0.1, 0.15) is 12.0 Å². The lowest BCUT2D eigenvalue weighted by Crippen LogP contribution is -2.45. The highest BCUT2D eigenvalue weighted by molar-refractivity contribution is 7.99. The Labute approximate surface area is 109 Å². The topological polar surface area (TPSA) is 29.3 Å². The number of thioether (sulfide) groups is 1. The summed E-state index contributed by atoms with van der Waals surface area (Å²) in [6.07, 6.45) is 2.38. The van der Waals surface area contributed by atoms with E-state index < -0.39 is 0 Å². The van der Waals surface area contributed by atoms with Gasteiger partial charge in [0.05, 0.1) is 0 Å². The summed E-state index contributed by atoms with van der Waals surface area (Å²) in [5.74, 6) is 2.57. The minimum Gasteiger partial charge on any atom is -0.329 e. The molecule has 2 atom stereocenters. The maximum Gasteiger partial charge on any atom is 0.0258 e. The van der Waals surface area contributed by atoms with Gasteiger partial charge in [-0.25, -0.2) is 0 Å². The van der Waals surface area contributed by atoms with E-state index in [0.717, 1.165) is 19.0 Å². The van der Waals surface area contributed by atoms with Crippen molar-refractivity contribution in [2.75, 3.05) is 25.1 Å². The van der Waals surface area contributed by atoms with Crippen molar-refractivity contribution in [2.45, 2.75) is 24.9 Å². The van der Waals surface area contributed by atoms with Gasteiger partial charge in [-0.1, -0.05) is 30.3 Å². The van der Waals surface area contributed by atoms with E-state index in [0.29, 0.717) is 6.04 Å². The van der Waals surface area contributed by atoms with Crippen molar-refractivity contribution in [3.05, 3.63) is 35.9 Å². The largest absolute Gasteiger partial charge is 0.329 e. The van der Waals surface area contributed by atoms with Gasteiger partial charge in [0.15, 0.2) is 0 Å². The van der Waals surface area contributed by atoms with Crippen LogP contribution >= 0.6 is 11.8 Å². The summed E-state index contributed by atoms with van der Waals surface area (Å²) < 4.78 is 0. The lowest BCUT2D eigenvalue weighted by atomic mass is 10.0. The molecule has 94 valence electrons. The number of rotatable bonds is 5. The number of nitrogens with two attached hydrogens (primary N) is 1. The third-order valence-corrected chi connectivity index (χ3v) is 4.79. The van der Waals surface area contributed by atoms with Crippen LogP contribution in [-0.4, -0.2) is 42.1 Å². The molecule has 2 rings (SSSR count). The molecule has 0 saturated carbocycles. The highest BCUT2D eigenvalue weighted by atomic mass is 32.2. The van der Waals surface area contributed by atoms with Crippen LogP contribution in [0.5, 0.6) is 0 Å². The molecule has 3 heteroatoms. The van der Waals surface area contributed by atoms with E-state index >= 15 is 0 Å². The van der Waals surface area contributed by atoms with Crippen LogP contribution in [0, 0.1) is 0 Å². The van der Waals surface area contributed by atoms with Gasteiger partial charge in [0.25, 0.3) is 0 Å². The van der Waals surface area contributed by atoms with Crippen LogP contribution in [-0.2, 0) is 6.42 Å². The monoisotopic (exact) mass is 250 g/mol. The Morgan fingerprint density at radius 3 is 2.76 bits per heavy atom. The first-order chi connectivity index (χ1) is 8.31. The van der Waals surface area contributed by atoms with Crippen molar-refractivity contribution in [2.24, 2.45) is 5.73 Å². The predicted octanol–water partition coefficient (Wildman–Crippen LogP) is 1.99. The summed E-state index contributed by atoms with van der Waals surface area (Å²) in [6.45, 7) is 0.743. The molecule has 1 heterocycles. The number of hydrogen-bond acceptors (Lipinski definition) is 3. The fraction of sp³-hybridized carbons (Fsp3) is 0.571. The number of hydrogen-bond donors (Lipinski definition) is 1. The minimum absolute atomic E-state index is 0.473. The molecule has 1 aromatic carbocycles. The maximum absolute atomic E-state index is 5.94. The molecule has 2 unspecified atom stereocenters. The summed E-state index contributed by atoms with van der Waals surface area (Å²) in [5, 5.41) is 0. The first kappa shape index (κ1) is 12.9. The average Bonchev–Trinajstić information content (AvgIpc) is 2.90. The SMILES string of the molecule is CN(C1CCSC1)C(CN)Cc1ccccc1. The van der Waals surface area contributed by atoms with Gasteiger partial charge in [-0.15, -0.1) is 0 Å². The Balaban J connectivity index is 1.96. The third-order valence-electron chi connectivity index (χ3n) is 3.64. The maximum atomic E-state index is 5.94. The second kappa shape index (κ2) is 6.43. The van der Waals surface area contributed by atoms with Crippen LogP contribution in [0.25, 0.3) is 0 Å². The molecule has 2 nitrogen and oxygen atoms in total. The van der Waals surface area contributed by atoms with Gasteiger partial charge in [0.2, 0.25) is 0 Å². The molecule has 17 heavy (non-hydrogen) atoms. The van der Waals surface area contributed by atoms with E-state index in [-0.39, 0.29) is 0 Å². The van der Waals surface area contributed by atoms with Crippen molar-refractivity contribution >= 4 is 11.8 Å². The number of nitrogens with zero attached hydrogens (tertiary/aromatic N) is 1. The van der Waals surface area contributed by atoms with Gasteiger partial charge in [-0.2, -0.15) is 11.8 Å². The van der Waals surface area contributed by atoms with E-state index in [2.05, 4.69) is 54.0 Å². The molecular formula is C14H22N2S. The highest BCUT2D eigenvalue weighted by Crippen LogP contribution is 2.23. The molecule has 1 fully saturated rings. The van der Waals surface area contributed by atoms with Gasteiger partial charge in [-0.05, 0) is 31.2 Å². The van der Waals surface area contributed by atoms with Gasteiger partial charge >= 0.3 is 0 Å². The molecule has 1 saturated heterocycles. The zero-order chi connectivity index (χ0) is 12.1. The van der Waals surface area contributed by atoms with Crippen molar-refractivity contribution in [3.63, 3.8) is 0 Å². The van der Waals surface area contributed by atoms with E-state index in [9.17, 15) is 0 Å². The lowest BCUT2D eigenvalue weighted by Gasteiger charge is -2.32. The summed E-state index contributed by atoms with van der Waals surface area (Å²) in [6, 6.07) is 11.9. The zero-order valence-electron chi connectivity index (χ0n) is 10.5. The van der Waals surface area contributed by atoms with E-state index in [1.807, 2.05) is 0 Å². The van der Waals surface area contributed by atoms with E-state index in [1.165, 1.54) is 23.5 Å². The third kappa shape index (κ3) is 3.47. The Bertz CT molecular complexity index is 322. The smallest absolute Gasteiger partial charge is 0.0258 e. The van der Waals surface area contributed by atoms with Crippen molar-refractivity contribution in [3.8, 4) is 0 Å². The highest BCUT2D eigenvalue weighted by Gasteiger charge is 2.25.